The lowest BCUT2D eigenvalue weighted by molar-refractivity contribution is -0.139. The fourth-order valence-electron chi connectivity index (χ4n) is 1.61. The van der Waals surface area contributed by atoms with Crippen molar-refractivity contribution in [3.05, 3.63) is 29.8 Å². The predicted octanol–water partition coefficient (Wildman–Crippen LogP) is 1.48. The first kappa shape index (κ1) is 16.1. The number of hydrogen-bond donors (Lipinski definition) is 2. The molecule has 0 fully saturated rings. The standard InChI is InChI=1S/C13H16N2O4S/c1-2-3-4-12(13(16)17)15-20(18,19)11-7-5-10(9-14)6-8-11/h5-8,12,15H,2-4H2,1H3,(H,16,17). The Labute approximate surface area is 118 Å². The highest BCUT2D eigenvalue weighted by Crippen LogP contribution is 2.12. The maximum absolute atomic E-state index is 12.1. The molecule has 0 amide bonds. The summed E-state index contributed by atoms with van der Waals surface area (Å²) in [7, 11) is -3.90. The lowest BCUT2D eigenvalue weighted by Crippen LogP contribution is -2.40. The van der Waals surface area contributed by atoms with Gasteiger partial charge in [0.15, 0.2) is 0 Å². The zero-order chi connectivity index (χ0) is 15.2. The van der Waals surface area contributed by atoms with Gasteiger partial charge in [0.1, 0.15) is 6.04 Å². The van der Waals surface area contributed by atoms with Crippen LogP contribution in [0.1, 0.15) is 31.7 Å². The molecule has 0 bridgehead atoms. The number of nitrogens with one attached hydrogen (secondary N) is 1. The number of nitrogens with zero attached hydrogens (tertiary/aromatic N) is 1. The fraction of sp³-hybridized carbons (Fsp3) is 0.385. The summed E-state index contributed by atoms with van der Waals surface area (Å²) in [5.74, 6) is -1.20. The maximum atomic E-state index is 12.1. The molecule has 0 spiro atoms. The molecule has 7 heteroatoms. The van der Waals surface area contributed by atoms with Crippen molar-refractivity contribution >= 4 is 16.0 Å². The van der Waals surface area contributed by atoms with Gasteiger partial charge in [-0.15, -0.1) is 0 Å². The van der Waals surface area contributed by atoms with Gasteiger partial charge in [0.05, 0.1) is 16.5 Å². The molecule has 0 saturated heterocycles. The SMILES string of the molecule is CCCCC(NS(=O)(=O)c1ccc(C#N)cc1)C(=O)O. The van der Waals surface area contributed by atoms with E-state index in [0.717, 1.165) is 6.42 Å². The Kier molecular flexibility index (Phi) is 5.67. The number of nitriles is 1. The van der Waals surface area contributed by atoms with Gasteiger partial charge >= 0.3 is 5.97 Å². The number of sulfonamides is 1. The molecule has 0 aliphatic rings. The minimum atomic E-state index is -3.90. The topological polar surface area (TPSA) is 107 Å². The molecular formula is C13H16N2O4S. The van der Waals surface area contributed by atoms with Crippen molar-refractivity contribution in [1.29, 1.82) is 5.26 Å². The highest BCUT2D eigenvalue weighted by molar-refractivity contribution is 7.89. The molecule has 0 saturated carbocycles. The smallest absolute Gasteiger partial charge is 0.321 e. The third-order valence-corrected chi connectivity index (χ3v) is 4.22. The van der Waals surface area contributed by atoms with E-state index < -0.39 is 22.0 Å². The number of aliphatic carboxylic acids is 1. The van der Waals surface area contributed by atoms with E-state index in [1.807, 2.05) is 13.0 Å². The number of rotatable bonds is 7. The fourth-order valence-corrected chi connectivity index (χ4v) is 2.83. The number of carbonyl (C=O) groups is 1. The van der Waals surface area contributed by atoms with Crippen LogP contribution >= 0.6 is 0 Å². The van der Waals surface area contributed by atoms with E-state index in [9.17, 15) is 13.2 Å². The van der Waals surface area contributed by atoms with Crippen LogP contribution in [0.3, 0.4) is 0 Å². The van der Waals surface area contributed by atoms with Crippen LogP contribution in [0.2, 0.25) is 0 Å². The molecular weight excluding hydrogens is 280 g/mol. The van der Waals surface area contributed by atoms with Crippen LogP contribution in [0, 0.1) is 11.3 Å². The monoisotopic (exact) mass is 296 g/mol. The maximum Gasteiger partial charge on any atom is 0.321 e. The van der Waals surface area contributed by atoms with Crippen molar-refractivity contribution in [1.82, 2.24) is 4.72 Å². The van der Waals surface area contributed by atoms with Crippen LogP contribution in [0.25, 0.3) is 0 Å². The van der Waals surface area contributed by atoms with Crippen molar-refractivity contribution in [2.75, 3.05) is 0 Å². The summed E-state index contributed by atoms with van der Waals surface area (Å²) in [6.45, 7) is 1.90. The Morgan fingerprint density at radius 3 is 2.45 bits per heavy atom. The number of unbranched alkanes of at least 4 members (excludes halogenated alkanes) is 1. The van der Waals surface area contributed by atoms with Crippen molar-refractivity contribution < 1.29 is 18.3 Å². The molecule has 1 unspecified atom stereocenters. The van der Waals surface area contributed by atoms with Crippen LogP contribution in [0.5, 0.6) is 0 Å². The zero-order valence-corrected chi connectivity index (χ0v) is 11.9. The van der Waals surface area contributed by atoms with Gasteiger partial charge in [-0.1, -0.05) is 19.8 Å². The van der Waals surface area contributed by atoms with Gasteiger partial charge in [-0.05, 0) is 30.7 Å². The van der Waals surface area contributed by atoms with Crippen LogP contribution in [0.4, 0.5) is 0 Å². The van der Waals surface area contributed by atoms with Crippen molar-refractivity contribution in [3.63, 3.8) is 0 Å². The average molecular weight is 296 g/mol. The summed E-state index contributed by atoms with van der Waals surface area (Å²) in [6.07, 6.45) is 1.64. The van der Waals surface area contributed by atoms with E-state index >= 15 is 0 Å². The van der Waals surface area contributed by atoms with Gasteiger partial charge in [-0.3, -0.25) is 4.79 Å². The Hall–Kier alpha value is -1.91. The Morgan fingerprint density at radius 1 is 1.40 bits per heavy atom. The zero-order valence-electron chi connectivity index (χ0n) is 11.0. The molecule has 20 heavy (non-hydrogen) atoms. The molecule has 2 N–H and O–H groups in total. The van der Waals surface area contributed by atoms with Crippen LogP contribution in [-0.4, -0.2) is 25.5 Å². The number of hydrogen-bond acceptors (Lipinski definition) is 4. The summed E-state index contributed by atoms with van der Waals surface area (Å²) < 4.78 is 26.3. The second-order valence-corrected chi connectivity index (χ2v) is 6.00. The van der Waals surface area contributed by atoms with E-state index in [0.29, 0.717) is 12.0 Å². The first-order chi connectivity index (χ1) is 9.40. The number of carboxylic acids is 1. The van der Waals surface area contributed by atoms with E-state index in [-0.39, 0.29) is 11.3 Å². The van der Waals surface area contributed by atoms with Crippen molar-refractivity contribution in [2.45, 2.75) is 37.1 Å². The molecule has 0 heterocycles. The normalized spacial score (nSPS) is 12.6. The highest BCUT2D eigenvalue weighted by atomic mass is 32.2. The second kappa shape index (κ2) is 7.03. The van der Waals surface area contributed by atoms with Gasteiger partial charge in [-0.25, -0.2) is 8.42 Å². The van der Waals surface area contributed by atoms with E-state index in [1.165, 1.54) is 24.3 Å². The first-order valence-electron chi connectivity index (χ1n) is 6.16. The van der Waals surface area contributed by atoms with Crippen LogP contribution < -0.4 is 4.72 Å². The number of benzene rings is 1. The van der Waals surface area contributed by atoms with Gasteiger partial charge < -0.3 is 5.11 Å². The Morgan fingerprint density at radius 2 is 2.00 bits per heavy atom. The van der Waals surface area contributed by atoms with Crippen molar-refractivity contribution in [2.24, 2.45) is 0 Å². The molecule has 0 aliphatic heterocycles. The van der Waals surface area contributed by atoms with E-state index in [4.69, 9.17) is 10.4 Å². The summed E-state index contributed by atoms with van der Waals surface area (Å²) >= 11 is 0. The van der Waals surface area contributed by atoms with Crippen LogP contribution in [0.15, 0.2) is 29.2 Å². The Balaban J connectivity index is 2.91. The average Bonchev–Trinajstić information content (AvgIpc) is 2.43. The first-order valence-corrected chi connectivity index (χ1v) is 7.64. The van der Waals surface area contributed by atoms with Gasteiger partial charge in [-0.2, -0.15) is 9.98 Å². The Bertz CT molecular complexity index is 602. The van der Waals surface area contributed by atoms with Crippen LogP contribution in [-0.2, 0) is 14.8 Å². The highest BCUT2D eigenvalue weighted by Gasteiger charge is 2.24. The molecule has 108 valence electrons. The molecule has 0 radical (unpaired) electrons. The molecule has 0 aliphatic carbocycles. The summed E-state index contributed by atoms with van der Waals surface area (Å²) in [6, 6.07) is 6.04. The third-order valence-electron chi connectivity index (χ3n) is 2.74. The summed E-state index contributed by atoms with van der Waals surface area (Å²) in [5.41, 5.74) is 0.338. The molecule has 1 rings (SSSR count). The minimum Gasteiger partial charge on any atom is -0.480 e. The quantitative estimate of drug-likeness (QED) is 0.792. The predicted molar refractivity (Wildman–Crippen MR) is 72.4 cm³/mol. The molecule has 1 atom stereocenters. The largest absolute Gasteiger partial charge is 0.480 e. The minimum absolute atomic E-state index is 0.0563. The summed E-state index contributed by atoms with van der Waals surface area (Å²) in [5, 5.41) is 17.7. The number of carboxylic acid groups (broad SMARTS) is 1. The van der Waals surface area contributed by atoms with Gasteiger partial charge in [0, 0.05) is 0 Å². The molecule has 1 aromatic carbocycles. The lowest BCUT2D eigenvalue weighted by Gasteiger charge is -2.14. The lowest BCUT2D eigenvalue weighted by atomic mass is 10.1. The van der Waals surface area contributed by atoms with E-state index in [1.54, 1.807) is 0 Å². The van der Waals surface area contributed by atoms with Crippen molar-refractivity contribution in [3.8, 4) is 6.07 Å². The second-order valence-electron chi connectivity index (χ2n) is 4.29. The molecule has 6 nitrogen and oxygen atoms in total. The summed E-state index contributed by atoms with van der Waals surface area (Å²) in [4.78, 5) is 11.0. The van der Waals surface area contributed by atoms with Gasteiger partial charge in [0.2, 0.25) is 10.0 Å². The molecule has 1 aromatic rings. The third kappa shape index (κ3) is 4.33. The molecule has 0 aromatic heterocycles. The van der Waals surface area contributed by atoms with E-state index in [2.05, 4.69) is 4.72 Å². The van der Waals surface area contributed by atoms with Gasteiger partial charge in [0.25, 0.3) is 0 Å².